The topological polar surface area (TPSA) is 85.7 Å². The summed E-state index contributed by atoms with van der Waals surface area (Å²) in [6, 6.07) is 11.6. The summed E-state index contributed by atoms with van der Waals surface area (Å²) in [7, 11) is 5.80. The molecule has 37 heavy (non-hydrogen) atoms. The minimum atomic E-state index is -0.415. The van der Waals surface area contributed by atoms with E-state index in [1.165, 1.54) is 0 Å². The molecule has 5 rings (SSSR count). The predicted octanol–water partition coefficient (Wildman–Crippen LogP) is 4.02. The van der Waals surface area contributed by atoms with Crippen molar-refractivity contribution < 1.29 is 14.3 Å². The summed E-state index contributed by atoms with van der Waals surface area (Å²) < 4.78 is 6.52. The minimum Gasteiger partial charge on any atom is -0.488 e. The molecule has 2 aliphatic carbocycles. The number of nitrogens with zero attached hydrogens (tertiary/aromatic N) is 3. The SMILES string of the molecule is CN(C)CC(=O)Nc1cc2c(cc1OC1CCN(C)CC1)C(C)(C)C1=C(C2=O)c2ccc(C#N)cc2C1. The van der Waals surface area contributed by atoms with Crippen LogP contribution in [0, 0.1) is 11.3 Å². The molecule has 2 aromatic carbocycles. The molecule has 7 heteroatoms. The molecule has 1 heterocycles. The van der Waals surface area contributed by atoms with E-state index in [0.717, 1.165) is 53.8 Å². The number of ketones is 1. The number of ether oxygens (including phenoxy) is 1. The van der Waals surface area contributed by atoms with Crippen molar-refractivity contribution in [2.45, 2.75) is 44.6 Å². The molecule has 192 valence electrons. The van der Waals surface area contributed by atoms with Crippen LogP contribution in [0.3, 0.4) is 0 Å². The van der Waals surface area contributed by atoms with E-state index < -0.39 is 5.41 Å². The Balaban J connectivity index is 1.57. The zero-order chi connectivity index (χ0) is 26.5. The molecule has 1 aliphatic heterocycles. The fourth-order valence-corrected chi connectivity index (χ4v) is 5.82. The van der Waals surface area contributed by atoms with Gasteiger partial charge in [-0.15, -0.1) is 0 Å². The molecule has 0 saturated carbocycles. The second kappa shape index (κ2) is 9.44. The Morgan fingerprint density at radius 3 is 2.59 bits per heavy atom. The molecule has 0 atom stereocenters. The van der Waals surface area contributed by atoms with Crippen LogP contribution >= 0.6 is 0 Å². The molecule has 7 nitrogen and oxygen atoms in total. The minimum absolute atomic E-state index is 0.0401. The highest BCUT2D eigenvalue weighted by atomic mass is 16.5. The van der Waals surface area contributed by atoms with Gasteiger partial charge in [0.15, 0.2) is 5.78 Å². The smallest absolute Gasteiger partial charge is 0.238 e. The summed E-state index contributed by atoms with van der Waals surface area (Å²) in [5, 5.41) is 12.4. The molecule has 0 spiro atoms. The van der Waals surface area contributed by atoms with E-state index in [0.29, 0.717) is 29.0 Å². The van der Waals surface area contributed by atoms with Crippen LogP contribution in [0.1, 0.15) is 59.3 Å². The third kappa shape index (κ3) is 4.56. The number of hydrogen-bond donors (Lipinski definition) is 1. The van der Waals surface area contributed by atoms with Crippen LogP contribution in [0.25, 0.3) is 5.57 Å². The zero-order valence-electron chi connectivity index (χ0n) is 22.3. The Hall–Kier alpha value is -3.47. The summed E-state index contributed by atoms with van der Waals surface area (Å²) in [6.07, 6.45) is 2.51. The number of nitrogens with one attached hydrogen (secondary N) is 1. The Kier molecular flexibility index (Phi) is 6.43. The highest BCUT2D eigenvalue weighted by molar-refractivity contribution is 6.33. The molecule has 3 aliphatic rings. The first-order valence-corrected chi connectivity index (χ1v) is 12.9. The number of carbonyl (C=O) groups excluding carboxylic acids is 2. The molecule has 1 fully saturated rings. The number of fused-ring (bicyclic) bond motifs is 3. The maximum atomic E-state index is 14.0. The summed E-state index contributed by atoms with van der Waals surface area (Å²) in [4.78, 5) is 30.8. The van der Waals surface area contributed by atoms with Gasteiger partial charge in [-0.1, -0.05) is 19.9 Å². The van der Waals surface area contributed by atoms with Crippen LogP contribution in [0.15, 0.2) is 35.9 Å². The molecule has 0 radical (unpaired) electrons. The molecule has 0 unspecified atom stereocenters. The van der Waals surface area contributed by atoms with Crippen molar-refractivity contribution in [2.24, 2.45) is 0 Å². The molecular formula is C30H34N4O3. The van der Waals surface area contributed by atoms with E-state index in [-0.39, 0.29) is 24.3 Å². The Labute approximate surface area is 218 Å². The van der Waals surface area contributed by atoms with Gasteiger partial charge in [-0.05, 0) is 86.9 Å². The van der Waals surface area contributed by atoms with Crippen molar-refractivity contribution in [1.29, 1.82) is 5.26 Å². The Bertz CT molecular complexity index is 1360. The van der Waals surface area contributed by atoms with Crippen LogP contribution < -0.4 is 10.1 Å². The van der Waals surface area contributed by atoms with Crippen LogP contribution in [-0.2, 0) is 16.6 Å². The maximum Gasteiger partial charge on any atom is 0.238 e. The van der Waals surface area contributed by atoms with Crippen molar-refractivity contribution in [2.75, 3.05) is 46.1 Å². The summed E-state index contributed by atoms with van der Waals surface area (Å²) >= 11 is 0. The van der Waals surface area contributed by atoms with Gasteiger partial charge in [0.1, 0.15) is 11.9 Å². The van der Waals surface area contributed by atoms with Gasteiger partial charge in [0.05, 0.1) is 23.9 Å². The molecule has 0 bridgehead atoms. The third-order valence-electron chi connectivity index (χ3n) is 7.89. The highest BCUT2D eigenvalue weighted by Gasteiger charge is 2.43. The van der Waals surface area contributed by atoms with Gasteiger partial charge in [-0.25, -0.2) is 0 Å². The second-order valence-electron chi connectivity index (χ2n) is 11.3. The maximum absolute atomic E-state index is 14.0. The van der Waals surface area contributed by atoms with Gasteiger partial charge in [0.2, 0.25) is 5.91 Å². The summed E-state index contributed by atoms with van der Waals surface area (Å²) in [6.45, 7) is 6.44. The molecule has 1 N–H and O–H groups in total. The van der Waals surface area contributed by atoms with E-state index in [9.17, 15) is 14.9 Å². The number of piperidine rings is 1. The molecule has 0 aromatic heterocycles. The fraction of sp³-hybridized carbons (Fsp3) is 0.433. The van der Waals surface area contributed by atoms with Gasteiger partial charge in [-0.3, -0.25) is 9.59 Å². The number of allylic oxidation sites excluding steroid dienone is 2. The lowest BCUT2D eigenvalue weighted by Crippen LogP contribution is -2.36. The van der Waals surface area contributed by atoms with Gasteiger partial charge in [0, 0.05) is 29.6 Å². The Morgan fingerprint density at radius 2 is 1.92 bits per heavy atom. The molecule has 2 aromatic rings. The number of anilines is 1. The lowest BCUT2D eigenvalue weighted by atomic mass is 9.68. The normalized spacial score (nSPS) is 18.8. The highest BCUT2D eigenvalue weighted by Crippen LogP contribution is 2.51. The van der Waals surface area contributed by atoms with Gasteiger partial charge >= 0.3 is 0 Å². The van der Waals surface area contributed by atoms with E-state index >= 15 is 0 Å². The van der Waals surface area contributed by atoms with Gasteiger partial charge in [-0.2, -0.15) is 5.26 Å². The predicted molar refractivity (Wildman–Crippen MR) is 144 cm³/mol. The largest absolute Gasteiger partial charge is 0.488 e. The van der Waals surface area contributed by atoms with Crippen LogP contribution in [0.2, 0.25) is 0 Å². The summed E-state index contributed by atoms with van der Waals surface area (Å²) in [5.74, 6) is 0.421. The van der Waals surface area contributed by atoms with Crippen LogP contribution in [-0.4, -0.2) is 68.4 Å². The molecular weight excluding hydrogens is 464 g/mol. The van der Waals surface area contributed by atoms with Crippen molar-refractivity contribution in [3.05, 3.63) is 63.7 Å². The number of Topliss-reactive ketones (excluding diaryl/α,β-unsaturated/α-hetero) is 1. The van der Waals surface area contributed by atoms with Crippen LogP contribution in [0.4, 0.5) is 5.69 Å². The average molecular weight is 499 g/mol. The first-order valence-electron chi connectivity index (χ1n) is 12.9. The lowest BCUT2D eigenvalue weighted by molar-refractivity contribution is -0.116. The van der Waals surface area contributed by atoms with Crippen molar-refractivity contribution in [3.63, 3.8) is 0 Å². The lowest BCUT2D eigenvalue weighted by Gasteiger charge is -2.36. The van der Waals surface area contributed by atoms with Crippen LogP contribution in [0.5, 0.6) is 5.75 Å². The monoisotopic (exact) mass is 498 g/mol. The number of benzene rings is 2. The quantitative estimate of drug-likeness (QED) is 0.670. The number of carbonyl (C=O) groups is 2. The van der Waals surface area contributed by atoms with E-state index in [4.69, 9.17) is 4.74 Å². The second-order valence-corrected chi connectivity index (χ2v) is 11.3. The summed E-state index contributed by atoms with van der Waals surface area (Å²) in [5.41, 5.74) is 5.95. The molecule has 1 saturated heterocycles. The van der Waals surface area contributed by atoms with Gasteiger partial charge in [0.25, 0.3) is 0 Å². The van der Waals surface area contributed by atoms with E-state index in [1.54, 1.807) is 6.07 Å². The Morgan fingerprint density at radius 1 is 1.19 bits per heavy atom. The van der Waals surface area contributed by atoms with Gasteiger partial charge < -0.3 is 19.9 Å². The number of likely N-dealkylation sites (tertiary alicyclic amines) is 1. The number of hydrogen-bond acceptors (Lipinski definition) is 6. The number of likely N-dealkylation sites (N-methyl/N-ethyl adjacent to an activating group) is 1. The first-order chi connectivity index (χ1) is 17.6. The molecule has 1 amide bonds. The van der Waals surface area contributed by atoms with Crippen molar-refractivity contribution >= 4 is 23.0 Å². The zero-order valence-corrected chi connectivity index (χ0v) is 22.3. The van der Waals surface area contributed by atoms with Crippen molar-refractivity contribution in [3.8, 4) is 11.8 Å². The fourth-order valence-electron chi connectivity index (χ4n) is 5.82. The number of rotatable bonds is 5. The number of nitriles is 1. The number of amides is 1. The standard InChI is InChI=1S/C30H34N4O3/c1-30(2)23-15-26(37-20-8-10-34(5)11-9-20)25(32-27(35)17-33(3)4)14-22(23)29(36)28-21-7-6-18(16-31)12-19(21)13-24(28)30/h6-7,12,14-15,20H,8-11,13,17H2,1-5H3,(H,32,35). The third-order valence-corrected chi connectivity index (χ3v) is 7.89. The van der Waals surface area contributed by atoms with E-state index in [1.807, 2.05) is 43.3 Å². The van der Waals surface area contributed by atoms with Crippen molar-refractivity contribution in [1.82, 2.24) is 9.80 Å². The first kappa shape index (κ1) is 25.2. The average Bonchev–Trinajstić information content (AvgIpc) is 3.24. The van der Waals surface area contributed by atoms with E-state index in [2.05, 4.69) is 37.2 Å².